The van der Waals surface area contributed by atoms with Gasteiger partial charge in [-0.3, -0.25) is 9.59 Å². The Balaban J connectivity index is 2.42. The van der Waals surface area contributed by atoms with Crippen molar-refractivity contribution in [1.29, 1.82) is 0 Å². The van der Waals surface area contributed by atoms with E-state index in [2.05, 4.69) is 0 Å². The summed E-state index contributed by atoms with van der Waals surface area (Å²) in [6, 6.07) is 7.37. The molecule has 0 fully saturated rings. The summed E-state index contributed by atoms with van der Waals surface area (Å²) < 4.78 is 0. The third-order valence-electron chi connectivity index (χ3n) is 2.43. The summed E-state index contributed by atoms with van der Waals surface area (Å²) in [5, 5.41) is 0. The van der Waals surface area contributed by atoms with Crippen molar-refractivity contribution in [3.05, 3.63) is 29.8 Å². The van der Waals surface area contributed by atoms with Crippen LogP contribution < -0.4 is 11.5 Å². The molecule has 0 bridgehead atoms. The number of carbonyl (C=O) groups excluding carboxylic acids is 2. The average molecular weight is 235 g/mol. The Morgan fingerprint density at radius 3 is 2.35 bits per heavy atom. The van der Waals surface area contributed by atoms with Gasteiger partial charge in [0.2, 0.25) is 11.8 Å². The molecule has 0 atom stereocenters. The van der Waals surface area contributed by atoms with Crippen LogP contribution in [0.25, 0.3) is 0 Å². The van der Waals surface area contributed by atoms with Crippen LogP contribution in [0.15, 0.2) is 24.3 Å². The van der Waals surface area contributed by atoms with Gasteiger partial charge in [-0.15, -0.1) is 0 Å². The van der Waals surface area contributed by atoms with Crippen molar-refractivity contribution in [3.8, 4) is 0 Å². The molecule has 1 aromatic rings. The smallest absolute Gasteiger partial charge is 0.237 e. The van der Waals surface area contributed by atoms with E-state index >= 15 is 0 Å². The van der Waals surface area contributed by atoms with E-state index in [0.717, 1.165) is 5.56 Å². The van der Waals surface area contributed by atoms with Gasteiger partial charge in [-0.2, -0.15) is 0 Å². The molecule has 17 heavy (non-hydrogen) atoms. The Bertz CT molecular complexity index is 401. The van der Waals surface area contributed by atoms with Crippen LogP contribution in [0.4, 0.5) is 5.69 Å². The molecule has 0 saturated heterocycles. The molecule has 0 heterocycles. The molecule has 0 aliphatic heterocycles. The first-order chi connectivity index (χ1) is 7.99. The second-order valence-electron chi connectivity index (χ2n) is 3.96. The van der Waals surface area contributed by atoms with Crippen LogP contribution in [-0.4, -0.2) is 30.3 Å². The van der Waals surface area contributed by atoms with E-state index in [4.69, 9.17) is 11.5 Å². The Hall–Kier alpha value is -2.04. The Morgan fingerprint density at radius 1 is 1.24 bits per heavy atom. The third kappa shape index (κ3) is 4.55. The lowest BCUT2D eigenvalue weighted by atomic mass is 10.1. The number of nitrogens with zero attached hydrogens (tertiary/aromatic N) is 1. The average Bonchev–Trinajstić information content (AvgIpc) is 2.27. The minimum atomic E-state index is -0.506. The number of hydrogen-bond acceptors (Lipinski definition) is 3. The van der Waals surface area contributed by atoms with Crippen molar-refractivity contribution >= 4 is 17.5 Å². The van der Waals surface area contributed by atoms with E-state index in [-0.39, 0.29) is 12.5 Å². The fourth-order valence-electron chi connectivity index (χ4n) is 1.45. The summed E-state index contributed by atoms with van der Waals surface area (Å²) in [6.07, 6.45) is 0.982. The van der Waals surface area contributed by atoms with Crippen molar-refractivity contribution < 1.29 is 9.59 Å². The molecule has 5 nitrogen and oxygen atoms in total. The maximum Gasteiger partial charge on any atom is 0.237 e. The number of nitrogen functional groups attached to an aromatic ring is 1. The molecule has 0 radical (unpaired) electrons. The maximum absolute atomic E-state index is 11.6. The van der Waals surface area contributed by atoms with Crippen LogP contribution in [0.1, 0.15) is 12.0 Å². The minimum Gasteiger partial charge on any atom is -0.399 e. The molecule has 0 aromatic heterocycles. The molecule has 0 saturated carbocycles. The number of rotatable bonds is 5. The number of aryl methyl sites for hydroxylation is 1. The van der Waals surface area contributed by atoms with Crippen LogP contribution in [0, 0.1) is 0 Å². The van der Waals surface area contributed by atoms with Crippen LogP contribution in [0.3, 0.4) is 0 Å². The highest BCUT2D eigenvalue weighted by atomic mass is 16.2. The monoisotopic (exact) mass is 235 g/mol. The van der Waals surface area contributed by atoms with Gasteiger partial charge in [0.15, 0.2) is 0 Å². The number of nitrogens with two attached hydrogens (primary N) is 2. The lowest BCUT2D eigenvalue weighted by Gasteiger charge is -2.14. The highest BCUT2D eigenvalue weighted by Crippen LogP contribution is 2.08. The summed E-state index contributed by atoms with van der Waals surface area (Å²) in [4.78, 5) is 23.6. The maximum atomic E-state index is 11.6. The molecule has 0 unspecified atom stereocenters. The van der Waals surface area contributed by atoms with E-state index in [0.29, 0.717) is 18.5 Å². The fourth-order valence-corrected chi connectivity index (χ4v) is 1.45. The summed E-state index contributed by atoms with van der Waals surface area (Å²) in [5.41, 5.74) is 12.3. The number of likely N-dealkylation sites (N-methyl/N-ethyl adjacent to an activating group) is 1. The zero-order valence-electron chi connectivity index (χ0n) is 9.85. The molecule has 0 aliphatic rings. The predicted octanol–water partition coefficient (Wildman–Crippen LogP) is 0.145. The molecular weight excluding hydrogens is 218 g/mol. The summed E-state index contributed by atoms with van der Waals surface area (Å²) >= 11 is 0. The molecule has 4 N–H and O–H groups in total. The van der Waals surface area contributed by atoms with Crippen molar-refractivity contribution in [2.75, 3.05) is 19.3 Å². The summed E-state index contributed by atoms with van der Waals surface area (Å²) in [5.74, 6) is -0.603. The summed E-state index contributed by atoms with van der Waals surface area (Å²) in [7, 11) is 1.57. The zero-order valence-corrected chi connectivity index (χ0v) is 9.85. The molecule has 0 aliphatic carbocycles. The first-order valence-corrected chi connectivity index (χ1v) is 5.35. The Morgan fingerprint density at radius 2 is 1.82 bits per heavy atom. The third-order valence-corrected chi connectivity index (χ3v) is 2.43. The van der Waals surface area contributed by atoms with Crippen LogP contribution >= 0.6 is 0 Å². The minimum absolute atomic E-state index is 0.0411. The number of carbonyl (C=O) groups is 2. The first kappa shape index (κ1) is 13.0. The van der Waals surface area contributed by atoms with Crippen molar-refractivity contribution in [2.45, 2.75) is 12.8 Å². The van der Waals surface area contributed by atoms with E-state index in [1.54, 1.807) is 19.2 Å². The lowest BCUT2D eigenvalue weighted by molar-refractivity contribution is -0.133. The second kappa shape index (κ2) is 5.89. The number of primary amides is 1. The van der Waals surface area contributed by atoms with Gasteiger partial charge in [0.25, 0.3) is 0 Å². The molecule has 2 amide bonds. The van der Waals surface area contributed by atoms with Gasteiger partial charge in [-0.05, 0) is 24.1 Å². The Labute approximate surface area is 100 Å². The van der Waals surface area contributed by atoms with Crippen molar-refractivity contribution in [3.63, 3.8) is 0 Å². The molecule has 92 valence electrons. The zero-order chi connectivity index (χ0) is 12.8. The second-order valence-corrected chi connectivity index (χ2v) is 3.96. The Kier molecular flexibility index (Phi) is 4.51. The number of hydrogen-bond donors (Lipinski definition) is 2. The van der Waals surface area contributed by atoms with Gasteiger partial charge in [0.1, 0.15) is 0 Å². The first-order valence-electron chi connectivity index (χ1n) is 5.35. The molecule has 0 spiro atoms. The van der Waals surface area contributed by atoms with E-state index in [9.17, 15) is 9.59 Å². The van der Waals surface area contributed by atoms with Gasteiger partial charge in [-0.25, -0.2) is 0 Å². The fraction of sp³-hybridized carbons (Fsp3) is 0.333. The van der Waals surface area contributed by atoms with Gasteiger partial charge in [0.05, 0.1) is 6.54 Å². The van der Waals surface area contributed by atoms with E-state index < -0.39 is 5.91 Å². The van der Waals surface area contributed by atoms with E-state index in [1.807, 2.05) is 12.1 Å². The van der Waals surface area contributed by atoms with Gasteiger partial charge >= 0.3 is 0 Å². The number of amides is 2. The SMILES string of the molecule is CN(CC(N)=O)C(=O)CCc1ccc(N)cc1. The van der Waals surface area contributed by atoms with Gasteiger partial charge in [-0.1, -0.05) is 12.1 Å². The summed E-state index contributed by atoms with van der Waals surface area (Å²) in [6.45, 7) is -0.0411. The topological polar surface area (TPSA) is 89.4 Å². The largest absolute Gasteiger partial charge is 0.399 e. The van der Waals surface area contributed by atoms with Gasteiger partial charge in [0, 0.05) is 19.2 Å². The number of anilines is 1. The van der Waals surface area contributed by atoms with Crippen molar-refractivity contribution in [1.82, 2.24) is 4.90 Å². The van der Waals surface area contributed by atoms with E-state index in [1.165, 1.54) is 4.90 Å². The lowest BCUT2D eigenvalue weighted by Crippen LogP contribution is -2.35. The number of benzene rings is 1. The molecular formula is C12H17N3O2. The highest BCUT2D eigenvalue weighted by Gasteiger charge is 2.10. The van der Waals surface area contributed by atoms with Crippen LogP contribution in [-0.2, 0) is 16.0 Å². The van der Waals surface area contributed by atoms with Crippen LogP contribution in [0.2, 0.25) is 0 Å². The predicted molar refractivity (Wildman–Crippen MR) is 66.0 cm³/mol. The van der Waals surface area contributed by atoms with Crippen molar-refractivity contribution in [2.24, 2.45) is 5.73 Å². The highest BCUT2D eigenvalue weighted by molar-refractivity contribution is 5.83. The molecule has 5 heteroatoms. The normalized spacial score (nSPS) is 9.94. The quantitative estimate of drug-likeness (QED) is 0.712. The molecule has 1 rings (SSSR count). The standard InChI is InChI=1S/C12H17N3O2/c1-15(8-11(14)16)12(17)7-4-9-2-5-10(13)6-3-9/h2-3,5-6H,4,7-8,13H2,1H3,(H2,14,16). The van der Waals surface area contributed by atoms with Crippen LogP contribution in [0.5, 0.6) is 0 Å². The molecule has 1 aromatic carbocycles. The van der Waals surface area contributed by atoms with Gasteiger partial charge < -0.3 is 16.4 Å².